The van der Waals surface area contributed by atoms with Gasteiger partial charge in [-0.1, -0.05) is 0 Å². The monoisotopic (exact) mass is 289 g/mol. The largest absolute Gasteiger partial charge is 0.348 e. The Labute approximate surface area is 120 Å². The van der Waals surface area contributed by atoms with Crippen LogP contribution in [0, 0.1) is 24.0 Å². The van der Waals surface area contributed by atoms with Crippen LogP contribution in [0.4, 0.5) is 11.4 Å². The molecule has 0 unspecified atom stereocenters. The summed E-state index contributed by atoms with van der Waals surface area (Å²) >= 11 is 0. The van der Waals surface area contributed by atoms with Crippen LogP contribution in [-0.2, 0) is 6.54 Å². The van der Waals surface area contributed by atoms with Gasteiger partial charge in [-0.25, -0.2) is 4.79 Å². The summed E-state index contributed by atoms with van der Waals surface area (Å²) in [6.07, 6.45) is 0. The lowest BCUT2D eigenvalue weighted by atomic mass is 10.1. The minimum Gasteiger partial charge on any atom is -0.324 e. The summed E-state index contributed by atoms with van der Waals surface area (Å²) in [4.78, 5) is 26.2. The molecule has 0 saturated carbocycles. The Morgan fingerprint density at radius 1 is 1.38 bits per heavy atom. The van der Waals surface area contributed by atoms with E-state index in [1.807, 2.05) is 0 Å². The Bertz CT molecular complexity index is 754. The number of hydrogen-bond acceptors (Lipinski definition) is 6. The fraction of sp³-hybridized carbons (Fsp3) is 0.231. The molecule has 2 aromatic rings. The Morgan fingerprint density at radius 2 is 2.10 bits per heavy atom. The summed E-state index contributed by atoms with van der Waals surface area (Å²) in [6.45, 7) is 3.67. The molecule has 0 spiro atoms. The first-order valence-corrected chi connectivity index (χ1v) is 6.21. The lowest BCUT2D eigenvalue weighted by Crippen LogP contribution is -2.26. The maximum atomic E-state index is 11.9. The normalized spacial score (nSPS) is 10.4. The molecule has 0 atom stereocenters. The molecule has 0 bridgehead atoms. The number of rotatable bonds is 4. The number of nitrogens with two attached hydrogens (primary N) is 1. The van der Waals surface area contributed by atoms with Crippen LogP contribution in [0.3, 0.4) is 0 Å². The van der Waals surface area contributed by atoms with Crippen molar-refractivity contribution in [3.05, 3.63) is 61.8 Å². The molecule has 0 aliphatic carbocycles. The second kappa shape index (κ2) is 5.71. The highest BCUT2D eigenvalue weighted by Crippen LogP contribution is 2.22. The highest BCUT2D eigenvalue weighted by Gasteiger charge is 2.12. The average molecular weight is 289 g/mol. The number of hydrogen-bond donors (Lipinski definition) is 2. The van der Waals surface area contributed by atoms with E-state index in [4.69, 9.17) is 5.84 Å². The predicted octanol–water partition coefficient (Wildman–Crippen LogP) is 1.10. The molecule has 0 amide bonds. The Balaban J connectivity index is 2.50. The van der Waals surface area contributed by atoms with Crippen LogP contribution >= 0.6 is 0 Å². The quantitative estimate of drug-likeness (QED) is 0.494. The number of aryl methyl sites for hydroxylation is 2. The Morgan fingerprint density at radius 3 is 2.67 bits per heavy atom. The van der Waals surface area contributed by atoms with Gasteiger partial charge in [-0.2, -0.15) is 4.98 Å². The highest BCUT2D eigenvalue weighted by molar-refractivity contribution is 5.55. The van der Waals surface area contributed by atoms with Crippen molar-refractivity contribution in [1.29, 1.82) is 0 Å². The molecule has 110 valence electrons. The molecule has 0 aliphatic rings. The van der Waals surface area contributed by atoms with Crippen molar-refractivity contribution in [2.24, 2.45) is 5.84 Å². The highest BCUT2D eigenvalue weighted by atomic mass is 16.6. The molecule has 2 rings (SSSR count). The van der Waals surface area contributed by atoms with Crippen molar-refractivity contribution in [2.45, 2.75) is 20.4 Å². The first kappa shape index (κ1) is 14.7. The number of anilines is 1. The number of nitro benzene ring substituents is 1. The van der Waals surface area contributed by atoms with Crippen molar-refractivity contribution in [3.8, 4) is 0 Å². The number of aromatic nitrogens is 2. The van der Waals surface area contributed by atoms with E-state index in [0.717, 1.165) is 5.69 Å². The molecule has 0 fully saturated rings. The number of nitrogens with one attached hydrogen (secondary N) is 1. The zero-order chi connectivity index (χ0) is 15.6. The first-order valence-electron chi connectivity index (χ1n) is 6.21. The van der Waals surface area contributed by atoms with Gasteiger partial charge >= 0.3 is 5.69 Å². The lowest BCUT2D eigenvalue weighted by molar-refractivity contribution is -0.384. The fourth-order valence-electron chi connectivity index (χ4n) is 2.10. The number of nitrogens with zero attached hydrogens (tertiary/aromatic N) is 3. The lowest BCUT2D eigenvalue weighted by Gasteiger charge is -2.13. The van der Waals surface area contributed by atoms with Gasteiger partial charge < -0.3 is 5.43 Å². The maximum Gasteiger partial charge on any atom is 0.348 e. The van der Waals surface area contributed by atoms with E-state index in [0.29, 0.717) is 16.9 Å². The van der Waals surface area contributed by atoms with Crippen LogP contribution in [-0.4, -0.2) is 14.5 Å². The van der Waals surface area contributed by atoms with Crippen LogP contribution in [0.1, 0.15) is 17.0 Å². The Kier molecular flexibility index (Phi) is 3.99. The zero-order valence-electron chi connectivity index (χ0n) is 11.7. The molecule has 0 aliphatic heterocycles. The SMILES string of the molecule is Cc1cc(C)n(Cc2cc([N+](=O)[O-])ccc2NN)c(=O)n1. The van der Waals surface area contributed by atoms with E-state index in [1.165, 1.54) is 22.8 Å². The first-order chi connectivity index (χ1) is 9.92. The maximum absolute atomic E-state index is 11.9. The van der Waals surface area contributed by atoms with E-state index in [9.17, 15) is 14.9 Å². The van der Waals surface area contributed by atoms with E-state index >= 15 is 0 Å². The van der Waals surface area contributed by atoms with Crippen LogP contribution in [0.25, 0.3) is 0 Å². The summed E-state index contributed by atoms with van der Waals surface area (Å²) in [6, 6.07) is 6.02. The van der Waals surface area contributed by atoms with Crippen LogP contribution < -0.4 is 17.0 Å². The Hall–Kier alpha value is -2.74. The van der Waals surface area contributed by atoms with Crippen molar-refractivity contribution in [2.75, 3.05) is 5.43 Å². The third-order valence-corrected chi connectivity index (χ3v) is 3.13. The fourth-order valence-corrected chi connectivity index (χ4v) is 2.10. The van der Waals surface area contributed by atoms with Gasteiger partial charge in [0.05, 0.1) is 17.2 Å². The number of nitrogen functional groups attached to an aromatic ring is 1. The molecule has 8 heteroatoms. The van der Waals surface area contributed by atoms with E-state index in [-0.39, 0.29) is 12.2 Å². The standard InChI is InChI=1S/C13H15N5O3/c1-8-5-9(2)17(13(19)15-8)7-10-6-11(18(20)21)3-4-12(10)16-14/h3-6,16H,7,14H2,1-2H3. The summed E-state index contributed by atoms with van der Waals surface area (Å²) in [7, 11) is 0. The van der Waals surface area contributed by atoms with Gasteiger partial charge in [0.2, 0.25) is 0 Å². The number of hydrazine groups is 1. The molecule has 0 saturated heterocycles. The van der Waals surface area contributed by atoms with Crippen LogP contribution in [0.5, 0.6) is 0 Å². The summed E-state index contributed by atoms with van der Waals surface area (Å²) in [5.74, 6) is 5.41. The molecule has 3 N–H and O–H groups in total. The zero-order valence-corrected chi connectivity index (χ0v) is 11.7. The van der Waals surface area contributed by atoms with Crippen molar-refractivity contribution in [1.82, 2.24) is 9.55 Å². The van der Waals surface area contributed by atoms with E-state index < -0.39 is 10.6 Å². The molecule has 8 nitrogen and oxygen atoms in total. The predicted molar refractivity (Wildman–Crippen MR) is 78.0 cm³/mol. The van der Waals surface area contributed by atoms with Gasteiger partial charge in [-0.3, -0.25) is 20.5 Å². The summed E-state index contributed by atoms with van der Waals surface area (Å²) in [5.41, 5.74) is 4.43. The van der Waals surface area contributed by atoms with Crippen LogP contribution in [0.2, 0.25) is 0 Å². The third kappa shape index (κ3) is 3.06. The summed E-state index contributed by atoms with van der Waals surface area (Å²) in [5, 5.41) is 10.9. The number of benzene rings is 1. The van der Waals surface area contributed by atoms with Crippen molar-refractivity contribution < 1.29 is 4.92 Å². The molecule has 1 aromatic carbocycles. The van der Waals surface area contributed by atoms with Crippen LogP contribution in [0.15, 0.2) is 29.1 Å². The molecular weight excluding hydrogens is 274 g/mol. The van der Waals surface area contributed by atoms with E-state index in [2.05, 4.69) is 10.4 Å². The molecule has 1 aromatic heterocycles. The minimum absolute atomic E-state index is 0.0604. The summed E-state index contributed by atoms with van der Waals surface area (Å²) < 4.78 is 1.44. The third-order valence-electron chi connectivity index (χ3n) is 3.13. The van der Waals surface area contributed by atoms with Crippen molar-refractivity contribution >= 4 is 11.4 Å². The molecule has 1 heterocycles. The minimum atomic E-state index is -0.493. The van der Waals surface area contributed by atoms with Gasteiger partial charge in [0, 0.05) is 29.1 Å². The topological polar surface area (TPSA) is 116 Å². The number of nitro groups is 1. The number of non-ortho nitro benzene ring substituents is 1. The van der Waals surface area contributed by atoms with Gasteiger partial charge in [0.25, 0.3) is 5.69 Å². The molecular formula is C13H15N5O3. The van der Waals surface area contributed by atoms with Gasteiger partial charge in [0.1, 0.15) is 0 Å². The van der Waals surface area contributed by atoms with Gasteiger partial charge in [-0.15, -0.1) is 0 Å². The average Bonchev–Trinajstić information content (AvgIpc) is 2.42. The smallest absolute Gasteiger partial charge is 0.324 e. The van der Waals surface area contributed by atoms with Gasteiger partial charge in [-0.05, 0) is 26.0 Å². The van der Waals surface area contributed by atoms with E-state index in [1.54, 1.807) is 19.9 Å². The van der Waals surface area contributed by atoms with Gasteiger partial charge in [0.15, 0.2) is 0 Å². The molecule has 0 radical (unpaired) electrons. The van der Waals surface area contributed by atoms with Crippen molar-refractivity contribution in [3.63, 3.8) is 0 Å². The second-order valence-corrected chi connectivity index (χ2v) is 4.65. The molecule has 21 heavy (non-hydrogen) atoms. The second-order valence-electron chi connectivity index (χ2n) is 4.65.